The molecule has 5 nitrogen and oxygen atoms in total. The van der Waals surface area contributed by atoms with Crippen LogP contribution in [0.3, 0.4) is 0 Å². The smallest absolute Gasteiger partial charge is 0.341 e. The van der Waals surface area contributed by atoms with Crippen LogP contribution in [0.2, 0.25) is 5.02 Å². The van der Waals surface area contributed by atoms with E-state index in [9.17, 15) is 9.59 Å². The number of para-hydroxylation sites is 1. The number of hydrogen-bond donors (Lipinski definition) is 1. The number of benzene rings is 2. The lowest BCUT2D eigenvalue weighted by Gasteiger charge is -2.11. The van der Waals surface area contributed by atoms with Crippen molar-refractivity contribution >= 4 is 50.7 Å². The third kappa shape index (κ3) is 4.52. The number of carbonyl (C=O) groups is 2. The average molecular weight is 465 g/mol. The van der Waals surface area contributed by atoms with Crippen LogP contribution in [0.1, 0.15) is 39.4 Å². The zero-order valence-electron chi connectivity index (χ0n) is 17.6. The molecule has 0 aliphatic rings. The van der Waals surface area contributed by atoms with Crippen molar-refractivity contribution in [3.05, 3.63) is 81.7 Å². The van der Waals surface area contributed by atoms with E-state index in [0.717, 1.165) is 22.2 Å². The van der Waals surface area contributed by atoms with Gasteiger partial charge in [0.15, 0.2) is 0 Å². The lowest BCUT2D eigenvalue weighted by Crippen LogP contribution is -2.15. The molecule has 1 amide bonds. The first-order chi connectivity index (χ1) is 15.5. The van der Waals surface area contributed by atoms with E-state index in [0.29, 0.717) is 32.4 Å². The van der Waals surface area contributed by atoms with Crippen LogP contribution in [0, 0.1) is 0 Å². The zero-order chi connectivity index (χ0) is 22.7. The molecule has 0 saturated carbocycles. The number of esters is 1. The highest BCUT2D eigenvalue weighted by molar-refractivity contribution is 7.16. The largest absolute Gasteiger partial charge is 0.462 e. The number of pyridine rings is 1. The van der Waals surface area contributed by atoms with Gasteiger partial charge in [-0.3, -0.25) is 4.79 Å². The van der Waals surface area contributed by atoms with Crippen molar-refractivity contribution in [1.82, 2.24) is 4.98 Å². The highest BCUT2D eigenvalue weighted by atomic mass is 35.5. The molecule has 2 aromatic carbocycles. The molecule has 0 fully saturated rings. The summed E-state index contributed by atoms with van der Waals surface area (Å²) < 4.78 is 5.17. The second-order valence-corrected chi connectivity index (χ2v) is 8.64. The van der Waals surface area contributed by atoms with Gasteiger partial charge < -0.3 is 10.1 Å². The highest BCUT2D eigenvalue weighted by Gasteiger charge is 2.21. The number of fused-ring (bicyclic) bond motifs is 1. The number of hydrogen-bond acceptors (Lipinski definition) is 5. The Kier molecular flexibility index (Phi) is 6.53. The summed E-state index contributed by atoms with van der Waals surface area (Å²) in [5, 5.41) is 4.72. The standard InChI is InChI=1S/C25H21ClN2O3S/c1-3-17-13-20(25(30)31-4-2)24(32-17)28-23(29)19-14-22(15-8-7-9-16(26)12-15)27-21-11-6-5-10-18(19)21/h5-14H,3-4H2,1-2H3,(H,28,29). The molecule has 0 aliphatic heterocycles. The number of amides is 1. The van der Waals surface area contributed by atoms with E-state index in [1.165, 1.54) is 11.3 Å². The predicted molar refractivity (Wildman–Crippen MR) is 130 cm³/mol. The van der Waals surface area contributed by atoms with Gasteiger partial charge in [0.25, 0.3) is 5.91 Å². The summed E-state index contributed by atoms with van der Waals surface area (Å²) in [6.45, 7) is 4.02. The van der Waals surface area contributed by atoms with Crippen molar-refractivity contribution in [3.8, 4) is 11.3 Å². The Morgan fingerprint density at radius 1 is 1.03 bits per heavy atom. The predicted octanol–water partition coefficient (Wildman–Crippen LogP) is 6.61. The van der Waals surface area contributed by atoms with Crippen molar-refractivity contribution in [2.75, 3.05) is 11.9 Å². The molecule has 32 heavy (non-hydrogen) atoms. The number of thiophene rings is 1. The maximum Gasteiger partial charge on any atom is 0.341 e. The van der Waals surface area contributed by atoms with Crippen LogP contribution in [0.5, 0.6) is 0 Å². The molecule has 0 aliphatic carbocycles. The van der Waals surface area contributed by atoms with Crippen LogP contribution >= 0.6 is 22.9 Å². The minimum Gasteiger partial charge on any atom is -0.462 e. The second kappa shape index (κ2) is 9.51. The zero-order valence-corrected chi connectivity index (χ0v) is 19.2. The Morgan fingerprint density at radius 3 is 2.59 bits per heavy atom. The van der Waals surface area contributed by atoms with Crippen molar-refractivity contribution in [1.29, 1.82) is 0 Å². The molecule has 1 N–H and O–H groups in total. The Morgan fingerprint density at radius 2 is 1.84 bits per heavy atom. The number of rotatable bonds is 6. The van der Waals surface area contributed by atoms with Crippen molar-refractivity contribution in [2.24, 2.45) is 0 Å². The van der Waals surface area contributed by atoms with Crippen LogP contribution in [-0.4, -0.2) is 23.5 Å². The molecular formula is C25H21ClN2O3S. The molecule has 2 heterocycles. The van der Waals surface area contributed by atoms with E-state index in [2.05, 4.69) is 5.32 Å². The summed E-state index contributed by atoms with van der Waals surface area (Å²) in [5.41, 5.74) is 2.99. The number of anilines is 1. The third-order valence-corrected chi connectivity index (χ3v) is 6.37. The Bertz CT molecular complexity index is 1320. The van der Waals surface area contributed by atoms with Gasteiger partial charge in [0.05, 0.1) is 28.9 Å². The van der Waals surface area contributed by atoms with E-state index in [1.807, 2.05) is 49.4 Å². The summed E-state index contributed by atoms with van der Waals surface area (Å²) in [5.74, 6) is -0.764. The number of ether oxygens (including phenoxy) is 1. The van der Waals surface area contributed by atoms with E-state index >= 15 is 0 Å². The van der Waals surface area contributed by atoms with Crippen LogP contribution in [0.25, 0.3) is 22.2 Å². The van der Waals surface area contributed by atoms with Gasteiger partial charge in [-0.25, -0.2) is 9.78 Å². The molecule has 162 valence electrons. The van der Waals surface area contributed by atoms with Crippen molar-refractivity contribution in [3.63, 3.8) is 0 Å². The maximum absolute atomic E-state index is 13.4. The Hall–Kier alpha value is -3.22. The topological polar surface area (TPSA) is 68.3 Å². The summed E-state index contributed by atoms with van der Waals surface area (Å²) in [6, 6.07) is 18.3. The van der Waals surface area contributed by atoms with E-state index in [1.54, 1.807) is 25.1 Å². The number of aromatic nitrogens is 1. The first kappa shape index (κ1) is 22.0. The van der Waals surface area contributed by atoms with Gasteiger partial charge in [0.1, 0.15) is 5.00 Å². The normalized spacial score (nSPS) is 10.8. The molecule has 0 saturated heterocycles. The number of nitrogens with zero attached hydrogens (tertiary/aromatic N) is 1. The fourth-order valence-electron chi connectivity index (χ4n) is 3.40. The number of nitrogens with one attached hydrogen (secondary N) is 1. The highest BCUT2D eigenvalue weighted by Crippen LogP contribution is 2.31. The van der Waals surface area contributed by atoms with Crippen molar-refractivity contribution in [2.45, 2.75) is 20.3 Å². The SMILES string of the molecule is CCOC(=O)c1cc(CC)sc1NC(=O)c1cc(-c2cccc(Cl)c2)nc2ccccc12. The van der Waals surface area contributed by atoms with Crippen LogP contribution < -0.4 is 5.32 Å². The Balaban J connectivity index is 1.77. The molecule has 0 spiro atoms. The molecule has 2 aromatic heterocycles. The summed E-state index contributed by atoms with van der Waals surface area (Å²) in [7, 11) is 0. The lowest BCUT2D eigenvalue weighted by atomic mass is 10.0. The van der Waals surface area contributed by atoms with Crippen LogP contribution in [0.4, 0.5) is 5.00 Å². The molecule has 7 heteroatoms. The second-order valence-electron chi connectivity index (χ2n) is 7.07. The van der Waals surface area contributed by atoms with Crippen LogP contribution in [-0.2, 0) is 11.2 Å². The van der Waals surface area contributed by atoms with Gasteiger partial charge >= 0.3 is 5.97 Å². The van der Waals surface area contributed by atoms with Gasteiger partial charge in [-0.15, -0.1) is 11.3 Å². The molecule has 4 rings (SSSR count). The van der Waals surface area contributed by atoms with Crippen LogP contribution in [0.15, 0.2) is 60.7 Å². The minimum atomic E-state index is -0.446. The quantitative estimate of drug-likeness (QED) is 0.326. The summed E-state index contributed by atoms with van der Waals surface area (Å²) in [6.07, 6.45) is 0.754. The van der Waals surface area contributed by atoms with E-state index in [-0.39, 0.29) is 12.5 Å². The number of carbonyl (C=O) groups excluding carboxylic acids is 2. The molecule has 0 radical (unpaired) electrons. The van der Waals surface area contributed by atoms with E-state index in [4.69, 9.17) is 21.3 Å². The average Bonchev–Trinajstić information content (AvgIpc) is 3.21. The monoisotopic (exact) mass is 464 g/mol. The fraction of sp³-hybridized carbons (Fsp3) is 0.160. The van der Waals surface area contributed by atoms with Gasteiger partial charge in [-0.2, -0.15) is 0 Å². The Labute approximate surface area is 195 Å². The molecule has 0 atom stereocenters. The van der Waals surface area contributed by atoms with E-state index < -0.39 is 5.97 Å². The summed E-state index contributed by atoms with van der Waals surface area (Å²) >= 11 is 7.54. The van der Waals surface area contributed by atoms with Gasteiger partial charge in [0.2, 0.25) is 0 Å². The molecule has 4 aromatic rings. The first-order valence-electron chi connectivity index (χ1n) is 10.3. The minimum absolute atomic E-state index is 0.265. The third-order valence-electron chi connectivity index (χ3n) is 4.94. The number of aryl methyl sites for hydroxylation is 1. The summed E-state index contributed by atoms with van der Waals surface area (Å²) in [4.78, 5) is 31.5. The van der Waals surface area contributed by atoms with Crippen molar-refractivity contribution < 1.29 is 14.3 Å². The molecule has 0 unspecified atom stereocenters. The lowest BCUT2D eigenvalue weighted by molar-refractivity contribution is 0.0528. The maximum atomic E-state index is 13.4. The van der Waals surface area contributed by atoms with Gasteiger partial charge in [-0.05, 0) is 43.7 Å². The first-order valence-corrected chi connectivity index (χ1v) is 11.5. The van der Waals surface area contributed by atoms with Gasteiger partial charge in [0, 0.05) is 20.8 Å². The fourth-order valence-corrected chi connectivity index (χ4v) is 4.57. The molecular weight excluding hydrogens is 444 g/mol. The van der Waals surface area contributed by atoms with Gasteiger partial charge in [-0.1, -0.05) is 48.9 Å². The molecule has 0 bridgehead atoms. The number of halogens is 1.